The smallest absolute Gasteiger partial charge is 0.329 e. The first kappa shape index (κ1) is 19.5. The Balaban J connectivity index is 1.98. The van der Waals surface area contributed by atoms with Gasteiger partial charge in [-0.05, 0) is 61.1 Å². The predicted molar refractivity (Wildman–Crippen MR) is 103 cm³/mol. The molecule has 134 valence electrons. The molecule has 0 saturated heterocycles. The van der Waals surface area contributed by atoms with Crippen LogP contribution in [-0.4, -0.2) is 16.3 Å². The molecule has 0 spiro atoms. The number of pyridine rings is 1. The van der Waals surface area contributed by atoms with Crippen molar-refractivity contribution in [2.24, 2.45) is 5.92 Å². The van der Waals surface area contributed by atoms with Gasteiger partial charge in [-0.2, -0.15) is 0 Å². The first-order valence-corrected chi connectivity index (χ1v) is 9.34. The summed E-state index contributed by atoms with van der Waals surface area (Å²) in [4.78, 5) is 16.5. The van der Waals surface area contributed by atoms with Crippen LogP contribution in [0.25, 0.3) is 11.3 Å². The minimum absolute atomic E-state index is 0.351. The van der Waals surface area contributed by atoms with E-state index in [1.54, 1.807) is 12.1 Å². The molecule has 4 heteroatoms. The maximum atomic E-state index is 12.0. The number of hydrogen-bond donors (Lipinski definition) is 0. The Bertz CT molecular complexity index is 665. The van der Waals surface area contributed by atoms with Crippen molar-refractivity contribution in [2.75, 3.05) is 0 Å². The van der Waals surface area contributed by atoms with E-state index in [2.05, 4.69) is 18.0 Å². The molecule has 0 N–H and O–H groups in total. The lowest BCUT2D eigenvalue weighted by Gasteiger charge is -2.11. The van der Waals surface area contributed by atoms with Gasteiger partial charge < -0.3 is 4.74 Å². The van der Waals surface area contributed by atoms with Crippen molar-refractivity contribution in [3.8, 4) is 17.0 Å². The predicted octanol–water partition coefficient (Wildman–Crippen LogP) is 5.65. The lowest BCUT2D eigenvalue weighted by atomic mass is 10.1. The molecule has 1 aromatic carbocycles. The van der Waals surface area contributed by atoms with Crippen LogP contribution in [-0.2, 0) is 11.2 Å². The van der Waals surface area contributed by atoms with Gasteiger partial charge in [-0.1, -0.05) is 33.3 Å². The molecular weight excluding hydrogens is 334 g/mol. The largest absolute Gasteiger partial charge is 0.425 e. The van der Waals surface area contributed by atoms with Gasteiger partial charge >= 0.3 is 5.97 Å². The number of nitrogens with zero attached hydrogens (tertiary/aromatic N) is 1. The molecule has 0 aliphatic rings. The molecule has 0 saturated carbocycles. The minimum Gasteiger partial charge on any atom is -0.425 e. The number of carbonyl (C=O) groups excluding carboxylic acids is 1. The molecule has 0 fully saturated rings. The SMILES string of the molecule is CCCCc1ccc(-c2ccc(OC(=O)C(Cl)CC(C)C)cc2)nc1. The maximum Gasteiger partial charge on any atom is 0.329 e. The summed E-state index contributed by atoms with van der Waals surface area (Å²) < 4.78 is 5.34. The van der Waals surface area contributed by atoms with Crippen LogP contribution in [0, 0.1) is 5.92 Å². The second-order valence-corrected chi connectivity index (χ2v) is 7.22. The number of aryl methyl sites for hydroxylation is 1. The Hall–Kier alpha value is -1.87. The summed E-state index contributed by atoms with van der Waals surface area (Å²) >= 11 is 6.07. The summed E-state index contributed by atoms with van der Waals surface area (Å²) in [6.07, 6.45) is 5.96. The topological polar surface area (TPSA) is 39.2 Å². The van der Waals surface area contributed by atoms with Gasteiger partial charge in [0.25, 0.3) is 0 Å². The van der Waals surface area contributed by atoms with Crippen LogP contribution in [0.1, 0.15) is 45.6 Å². The third-order valence-corrected chi connectivity index (χ3v) is 4.30. The van der Waals surface area contributed by atoms with Gasteiger partial charge in [-0.25, -0.2) is 0 Å². The number of alkyl halides is 1. The van der Waals surface area contributed by atoms with E-state index in [0.29, 0.717) is 18.1 Å². The molecule has 1 heterocycles. The minimum atomic E-state index is -0.614. The van der Waals surface area contributed by atoms with Crippen molar-refractivity contribution in [2.45, 2.75) is 51.8 Å². The Kier molecular flexibility index (Phi) is 7.45. The molecule has 1 unspecified atom stereocenters. The molecule has 0 bridgehead atoms. The second-order valence-electron chi connectivity index (χ2n) is 6.70. The van der Waals surface area contributed by atoms with Gasteiger partial charge in [-0.15, -0.1) is 11.6 Å². The Morgan fingerprint density at radius 2 is 1.88 bits per heavy atom. The Labute approximate surface area is 155 Å². The first-order chi connectivity index (χ1) is 12.0. The Morgan fingerprint density at radius 1 is 1.16 bits per heavy atom. The number of benzene rings is 1. The summed E-state index contributed by atoms with van der Waals surface area (Å²) in [7, 11) is 0. The van der Waals surface area contributed by atoms with Crippen molar-refractivity contribution in [3.63, 3.8) is 0 Å². The van der Waals surface area contributed by atoms with Crippen molar-refractivity contribution >= 4 is 17.6 Å². The highest BCUT2D eigenvalue weighted by Crippen LogP contribution is 2.22. The average molecular weight is 360 g/mol. The molecule has 1 aromatic heterocycles. The number of aromatic nitrogens is 1. The van der Waals surface area contributed by atoms with Gasteiger partial charge in [0.05, 0.1) is 5.69 Å². The number of rotatable bonds is 8. The standard InChI is InChI=1S/C21H26ClNO2/c1-4-5-6-16-7-12-20(23-14-16)17-8-10-18(11-9-17)25-21(24)19(22)13-15(2)3/h7-12,14-15,19H,4-6,13H2,1-3H3. The molecule has 0 radical (unpaired) electrons. The van der Waals surface area contributed by atoms with Gasteiger partial charge in [-0.3, -0.25) is 9.78 Å². The zero-order valence-corrected chi connectivity index (χ0v) is 15.9. The third kappa shape index (κ3) is 6.17. The highest BCUT2D eigenvalue weighted by atomic mass is 35.5. The molecule has 3 nitrogen and oxygen atoms in total. The highest BCUT2D eigenvalue weighted by Gasteiger charge is 2.19. The maximum absolute atomic E-state index is 12.0. The number of carbonyl (C=O) groups is 1. The summed E-state index contributed by atoms with van der Waals surface area (Å²) in [5.41, 5.74) is 3.16. The van der Waals surface area contributed by atoms with Crippen LogP contribution in [0.15, 0.2) is 42.6 Å². The van der Waals surface area contributed by atoms with Crippen molar-refractivity contribution in [3.05, 3.63) is 48.2 Å². The zero-order valence-electron chi connectivity index (χ0n) is 15.2. The molecule has 2 rings (SSSR count). The third-order valence-electron chi connectivity index (χ3n) is 3.95. The van der Waals surface area contributed by atoms with Crippen LogP contribution in [0.4, 0.5) is 0 Å². The van der Waals surface area contributed by atoms with E-state index < -0.39 is 11.3 Å². The fourth-order valence-corrected chi connectivity index (χ4v) is 2.91. The summed E-state index contributed by atoms with van der Waals surface area (Å²) in [5.74, 6) is 0.452. The van der Waals surface area contributed by atoms with E-state index >= 15 is 0 Å². The van der Waals surface area contributed by atoms with E-state index in [0.717, 1.165) is 17.7 Å². The lowest BCUT2D eigenvalue weighted by molar-refractivity contribution is -0.134. The van der Waals surface area contributed by atoms with Gasteiger partial charge in [0.1, 0.15) is 11.1 Å². The summed E-state index contributed by atoms with van der Waals surface area (Å²) in [6, 6.07) is 11.5. The van der Waals surface area contributed by atoms with Crippen molar-refractivity contribution in [1.29, 1.82) is 0 Å². The molecule has 1 atom stereocenters. The van der Waals surface area contributed by atoms with Gasteiger partial charge in [0.15, 0.2) is 0 Å². The fraction of sp³-hybridized carbons (Fsp3) is 0.429. The number of halogens is 1. The molecule has 25 heavy (non-hydrogen) atoms. The fourth-order valence-electron chi connectivity index (χ4n) is 2.51. The number of esters is 1. The Morgan fingerprint density at radius 3 is 2.44 bits per heavy atom. The molecule has 0 aliphatic heterocycles. The van der Waals surface area contributed by atoms with E-state index in [4.69, 9.17) is 16.3 Å². The van der Waals surface area contributed by atoms with Crippen molar-refractivity contribution < 1.29 is 9.53 Å². The average Bonchev–Trinajstić information content (AvgIpc) is 2.60. The summed E-state index contributed by atoms with van der Waals surface area (Å²) in [5, 5.41) is -0.614. The highest BCUT2D eigenvalue weighted by molar-refractivity contribution is 6.30. The molecule has 2 aromatic rings. The molecule has 0 aliphatic carbocycles. The van der Waals surface area contributed by atoms with Crippen LogP contribution < -0.4 is 4.74 Å². The molecule has 0 amide bonds. The van der Waals surface area contributed by atoms with Crippen LogP contribution in [0.2, 0.25) is 0 Å². The molecular formula is C21H26ClNO2. The van der Waals surface area contributed by atoms with E-state index in [1.165, 1.54) is 18.4 Å². The monoisotopic (exact) mass is 359 g/mol. The number of unbranched alkanes of at least 4 members (excludes halogenated alkanes) is 1. The second kappa shape index (κ2) is 9.57. The van der Waals surface area contributed by atoms with Crippen LogP contribution in [0.5, 0.6) is 5.75 Å². The first-order valence-electron chi connectivity index (χ1n) is 8.90. The normalized spacial score (nSPS) is 12.2. The number of hydrogen-bond acceptors (Lipinski definition) is 3. The summed E-state index contributed by atoms with van der Waals surface area (Å²) in [6.45, 7) is 6.24. The van der Waals surface area contributed by atoms with E-state index in [-0.39, 0.29) is 0 Å². The van der Waals surface area contributed by atoms with Crippen LogP contribution in [0.3, 0.4) is 0 Å². The van der Waals surface area contributed by atoms with Crippen LogP contribution >= 0.6 is 11.6 Å². The van der Waals surface area contributed by atoms with Crippen molar-refractivity contribution in [1.82, 2.24) is 4.98 Å². The van der Waals surface area contributed by atoms with Gasteiger partial charge in [0.2, 0.25) is 0 Å². The quantitative estimate of drug-likeness (QED) is 0.347. The van der Waals surface area contributed by atoms with E-state index in [9.17, 15) is 4.79 Å². The van der Waals surface area contributed by atoms with E-state index in [1.807, 2.05) is 38.2 Å². The number of ether oxygens (including phenoxy) is 1. The van der Waals surface area contributed by atoms with Gasteiger partial charge in [0, 0.05) is 11.8 Å². The lowest BCUT2D eigenvalue weighted by Crippen LogP contribution is -2.22. The zero-order chi connectivity index (χ0) is 18.2.